The second kappa shape index (κ2) is 5.24. The molecule has 3 aromatic rings. The molecular weight excluding hydrogens is 268 g/mol. The van der Waals surface area contributed by atoms with Crippen LogP contribution in [0.3, 0.4) is 0 Å². The van der Waals surface area contributed by atoms with E-state index in [0.29, 0.717) is 23.6 Å². The zero-order valence-corrected chi connectivity index (χ0v) is 11.5. The highest BCUT2D eigenvalue weighted by atomic mass is 16.3. The SMILES string of the molecule is Cc1nccc(CNC(=O)c2cc3cc(N)ccc3o2)n1. The monoisotopic (exact) mass is 282 g/mol. The van der Waals surface area contributed by atoms with E-state index in [4.69, 9.17) is 10.2 Å². The molecule has 0 aliphatic rings. The van der Waals surface area contributed by atoms with E-state index in [1.165, 1.54) is 0 Å². The standard InChI is InChI=1S/C15H14N4O2/c1-9-17-5-4-12(19-9)8-18-15(20)14-7-10-6-11(16)2-3-13(10)21-14/h2-7H,8,16H2,1H3,(H,18,20). The molecular formula is C15H14N4O2. The minimum Gasteiger partial charge on any atom is -0.451 e. The topological polar surface area (TPSA) is 94.0 Å². The Hall–Kier alpha value is -2.89. The van der Waals surface area contributed by atoms with Gasteiger partial charge in [0, 0.05) is 17.3 Å². The molecule has 0 unspecified atom stereocenters. The molecule has 106 valence electrons. The number of nitrogens with zero attached hydrogens (tertiary/aromatic N) is 2. The Morgan fingerprint density at radius 2 is 2.19 bits per heavy atom. The largest absolute Gasteiger partial charge is 0.451 e. The van der Waals surface area contributed by atoms with Crippen molar-refractivity contribution in [2.45, 2.75) is 13.5 Å². The molecule has 0 aliphatic heterocycles. The molecule has 2 aromatic heterocycles. The predicted octanol–water partition coefficient (Wildman–Crippen LogP) is 2.04. The van der Waals surface area contributed by atoms with Crippen molar-refractivity contribution in [2.75, 3.05) is 5.73 Å². The van der Waals surface area contributed by atoms with Crippen LogP contribution < -0.4 is 11.1 Å². The van der Waals surface area contributed by atoms with Crippen LogP contribution >= 0.6 is 0 Å². The molecule has 0 fully saturated rings. The van der Waals surface area contributed by atoms with Crippen LogP contribution in [0.25, 0.3) is 11.0 Å². The maximum absolute atomic E-state index is 12.1. The summed E-state index contributed by atoms with van der Waals surface area (Å²) in [6, 6.07) is 8.68. The molecule has 0 bridgehead atoms. The van der Waals surface area contributed by atoms with E-state index in [1.54, 1.807) is 43.5 Å². The van der Waals surface area contributed by atoms with Crippen LogP contribution in [0.5, 0.6) is 0 Å². The van der Waals surface area contributed by atoms with Gasteiger partial charge in [-0.15, -0.1) is 0 Å². The first-order chi connectivity index (χ1) is 10.1. The molecule has 3 N–H and O–H groups in total. The molecule has 0 saturated carbocycles. The van der Waals surface area contributed by atoms with Gasteiger partial charge in [-0.25, -0.2) is 9.97 Å². The lowest BCUT2D eigenvalue weighted by Crippen LogP contribution is -2.22. The van der Waals surface area contributed by atoms with Crippen LogP contribution in [0, 0.1) is 6.92 Å². The predicted molar refractivity (Wildman–Crippen MR) is 78.6 cm³/mol. The summed E-state index contributed by atoms with van der Waals surface area (Å²) in [5, 5.41) is 3.57. The number of fused-ring (bicyclic) bond motifs is 1. The summed E-state index contributed by atoms with van der Waals surface area (Å²) in [5.74, 6) is 0.628. The van der Waals surface area contributed by atoms with Crippen LogP contribution in [0.1, 0.15) is 22.1 Å². The summed E-state index contributed by atoms with van der Waals surface area (Å²) in [6.07, 6.45) is 1.66. The molecule has 0 aliphatic carbocycles. The highest BCUT2D eigenvalue weighted by Gasteiger charge is 2.12. The zero-order chi connectivity index (χ0) is 14.8. The van der Waals surface area contributed by atoms with E-state index >= 15 is 0 Å². The van der Waals surface area contributed by atoms with E-state index in [-0.39, 0.29) is 11.7 Å². The van der Waals surface area contributed by atoms with E-state index in [2.05, 4.69) is 15.3 Å². The molecule has 3 rings (SSSR count). The van der Waals surface area contributed by atoms with Crippen molar-refractivity contribution in [3.05, 3.63) is 53.8 Å². The molecule has 0 radical (unpaired) electrons. The van der Waals surface area contributed by atoms with Gasteiger partial charge < -0.3 is 15.5 Å². The summed E-state index contributed by atoms with van der Waals surface area (Å²) in [7, 11) is 0. The Kier molecular flexibility index (Phi) is 3.27. The first kappa shape index (κ1) is 13.1. The molecule has 0 spiro atoms. The van der Waals surface area contributed by atoms with Crippen molar-refractivity contribution in [3.63, 3.8) is 0 Å². The lowest BCUT2D eigenvalue weighted by atomic mass is 10.2. The Balaban J connectivity index is 1.74. The quantitative estimate of drug-likeness (QED) is 0.717. The van der Waals surface area contributed by atoms with Crippen molar-refractivity contribution in [2.24, 2.45) is 0 Å². The smallest absolute Gasteiger partial charge is 0.287 e. The van der Waals surface area contributed by atoms with Gasteiger partial charge in [0.2, 0.25) is 0 Å². The molecule has 0 atom stereocenters. The van der Waals surface area contributed by atoms with Gasteiger partial charge >= 0.3 is 0 Å². The number of carbonyl (C=O) groups excluding carboxylic acids is 1. The van der Waals surface area contributed by atoms with Gasteiger partial charge in [0.1, 0.15) is 11.4 Å². The number of aryl methyl sites for hydroxylation is 1. The fourth-order valence-electron chi connectivity index (χ4n) is 2.04. The number of hydrogen-bond acceptors (Lipinski definition) is 5. The molecule has 21 heavy (non-hydrogen) atoms. The second-order valence-electron chi connectivity index (χ2n) is 4.69. The van der Waals surface area contributed by atoms with Crippen molar-refractivity contribution >= 4 is 22.6 Å². The summed E-state index contributed by atoms with van der Waals surface area (Å²) < 4.78 is 5.50. The minimum atomic E-state index is -0.291. The Morgan fingerprint density at radius 3 is 3.00 bits per heavy atom. The van der Waals surface area contributed by atoms with Crippen molar-refractivity contribution in [1.82, 2.24) is 15.3 Å². The van der Waals surface area contributed by atoms with Crippen LogP contribution in [0.15, 0.2) is 40.9 Å². The van der Waals surface area contributed by atoms with Gasteiger partial charge in [0.25, 0.3) is 5.91 Å². The van der Waals surface area contributed by atoms with E-state index in [9.17, 15) is 4.79 Å². The number of amides is 1. The summed E-state index contributed by atoms with van der Waals surface area (Å²) in [6.45, 7) is 2.12. The number of nitrogens with one attached hydrogen (secondary N) is 1. The van der Waals surface area contributed by atoms with Crippen molar-refractivity contribution < 1.29 is 9.21 Å². The van der Waals surface area contributed by atoms with Gasteiger partial charge in [-0.2, -0.15) is 0 Å². The number of anilines is 1. The average Bonchev–Trinajstić information content (AvgIpc) is 2.88. The van der Waals surface area contributed by atoms with Gasteiger partial charge in [-0.1, -0.05) is 0 Å². The fraction of sp³-hybridized carbons (Fsp3) is 0.133. The number of nitrogen functional groups attached to an aromatic ring is 1. The molecule has 0 saturated heterocycles. The number of benzene rings is 1. The zero-order valence-electron chi connectivity index (χ0n) is 11.5. The fourth-order valence-corrected chi connectivity index (χ4v) is 2.04. The van der Waals surface area contributed by atoms with Crippen LogP contribution in [-0.4, -0.2) is 15.9 Å². The third-order valence-corrected chi connectivity index (χ3v) is 3.03. The number of rotatable bonds is 3. The first-order valence-corrected chi connectivity index (χ1v) is 6.47. The van der Waals surface area contributed by atoms with Gasteiger partial charge in [0.15, 0.2) is 5.76 Å². The normalized spacial score (nSPS) is 10.7. The van der Waals surface area contributed by atoms with Crippen LogP contribution in [0.4, 0.5) is 5.69 Å². The number of furan rings is 1. The van der Waals surface area contributed by atoms with Crippen LogP contribution in [-0.2, 0) is 6.54 Å². The Morgan fingerprint density at radius 1 is 1.33 bits per heavy atom. The maximum atomic E-state index is 12.1. The third kappa shape index (κ3) is 2.84. The lowest BCUT2D eigenvalue weighted by molar-refractivity contribution is 0.0925. The summed E-state index contributed by atoms with van der Waals surface area (Å²) in [5.41, 5.74) is 7.71. The summed E-state index contributed by atoms with van der Waals surface area (Å²) in [4.78, 5) is 20.3. The molecule has 1 amide bonds. The number of aromatic nitrogens is 2. The van der Waals surface area contributed by atoms with E-state index in [1.807, 2.05) is 0 Å². The number of nitrogens with two attached hydrogens (primary N) is 1. The Bertz CT molecular complexity index is 810. The molecule has 6 heteroatoms. The minimum absolute atomic E-state index is 0.251. The Labute approximate surface area is 121 Å². The summed E-state index contributed by atoms with van der Waals surface area (Å²) >= 11 is 0. The van der Waals surface area contributed by atoms with Crippen LogP contribution in [0.2, 0.25) is 0 Å². The third-order valence-electron chi connectivity index (χ3n) is 3.03. The molecule has 1 aromatic carbocycles. The van der Waals surface area contributed by atoms with Gasteiger partial charge in [-0.3, -0.25) is 4.79 Å². The number of carbonyl (C=O) groups is 1. The highest BCUT2D eigenvalue weighted by Crippen LogP contribution is 2.21. The van der Waals surface area contributed by atoms with E-state index in [0.717, 1.165) is 11.1 Å². The van der Waals surface area contributed by atoms with E-state index < -0.39 is 0 Å². The van der Waals surface area contributed by atoms with Crippen molar-refractivity contribution in [1.29, 1.82) is 0 Å². The maximum Gasteiger partial charge on any atom is 0.287 e. The van der Waals surface area contributed by atoms with Gasteiger partial charge in [-0.05, 0) is 37.3 Å². The number of hydrogen-bond donors (Lipinski definition) is 2. The van der Waals surface area contributed by atoms with Gasteiger partial charge in [0.05, 0.1) is 12.2 Å². The molecule has 2 heterocycles. The second-order valence-corrected chi connectivity index (χ2v) is 4.69. The first-order valence-electron chi connectivity index (χ1n) is 6.47. The molecule has 6 nitrogen and oxygen atoms in total. The lowest BCUT2D eigenvalue weighted by Gasteiger charge is -2.02. The highest BCUT2D eigenvalue weighted by molar-refractivity contribution is 5.96. The average molecular weight is 282 g/mol. The van der Waals surface area contributed by atoms with Crippen molar-refractivity contribution in [3.8, 4) is 0 Å².